The molecule has 2 aliphatic rings. The normalized spacial score (nSPS) is 21.1. The van der Waals surface area contributed by atoms with Gasteiger partial charge in [-0.2, -0.15) is 0 Å². The molecule has 0 bridgehead atoms. The number of ether oxygens (including phenoxy) is 1. The van der Waals surface area contributed by atoms with Gasteiger partial charge in [-0.3, -0.25) is 9.80 Å². The summed E-state index contributed by atoms with van der Waals surface area (Å²) in [5.41, 5.74) is 2.82. The molecule has 0 radical (unpaired) electrons. The molecular formula is C21H25ClN2OS. The van der Waals surface area contributed by atoms with Crippen molar-refractivity contribution >= 4 is 23.4 Å². The first kappa shape index (κ1) is 18.3. The highest BCUT2D eigenvalue weighted by atomic mass is 35.5. The summed E-state index contributed by atoms with van der Waals surface area (Å²) in [4.78, 5) is 7.85. The topological polar surface area (TPSA) is 15.7 Å². The summed E-state index contributed by atoms with van der Waals surface area (Å²) in [6.45, 7) is 6.22. The lowest BCUT2D eigenvalue weighted by molar-refractivity contribution is 0.0734. The summed E-state index contributed by atoms with van der Waals surface area (Å²) in [5, 5.41) is 0.832. The number of halogens is 1. The van der Waals surface area contributed by atoms with Crippen LogP contribution in [0.1, 0.15) is 17.2 Å². The molecule has 3 nitrogen and oxygen atoms in total. The van der Waals surface area contributed by atoms with Crippen LogP contribution < -0.4 is 0 Å². The highest BCUT2D eigenvalue weighted by Gasteiger charge is 2.30. The molecular weight excluding hydrogens is 364 g/mol. The first-order valence-corrected chi connectivity index (χ1v) is 10.4. The Bertz CT molecular complexity index is 761. The van der Waals surface area contributed by atoms with Gasteiger partial charge in [0.25, 0.3) is 0 Å². The summed E-state index contributed by atoms with van der Waals surface area (Å²) in [6, 6.07) is 15.6. The van der Waals surface area contributed by atoms with Gasteiger partial charge in [-0.15, -0.1) is 0 Å². The number of rotatable bonds is 4. The third-order valence-corrected chi connectivity index (χ3v) is 6.84. The second kappa shape index (κ2) is 8.32. The van der Waals surface area contributed by atoms with Crippen LogP contribution in [0, 0.1) is 0 Å². The number of benzene rings is 2. The maximum Gasteiger partial charge on any atom is 0.0589 e. The van der Waals surface area contributed by atoms with Crippen molar-refractivity contribution in [1.82, 2.24) is 9.80 Å². The second-order valence-electron chi connectivity index (χ2n) is 6.98. The van der Waals surface area contributed by atoms with Gasteiger partial charge in [0.15, 0.2) is 0 Å². The minimum Gasteiger partial charge on any atom is -0.383 e. The molecule has 4 rings (SSSR count). The molecule has 2 aliphatic heterocycles. The lowest BCUT2D eigenvalue weighted by atomic mass is 9.96. The largest absolute Gasteiger partial charge is 0.383 e. The van der Waals surface area contributed by atoms with Crippen molar-refractivity contribution in [3.8, 4) is 0 Å². The number of hydrogen-bond acceptors (Lipinski definition) is 4. The molecule has 26 heavy (non-hydrogen) atoms. The maximum atomic E-state index is 6.38. The van der Waals surface area contributed by atoms with E-state index in [-0.39, 0.29) is 0 Å². The molecule has 0 N–H and O–H groups in total. The summed E-state index contributed by atoms with van der Waals surface area (Å²) in [6.07, 6.45) is 1.05. The van der Waals surface area contributed by atoms with Gasteiger partial charge in [0.2, 0.25) is 0 Å². The Morgan fingerprint density at radius 3 is 2.69 bits per heavy atom. The van der Waals surface area contributed by atoms with Crippen LogP contribution >= 0.6 is 23.4 Å². The molecule has 0 saturated carbocycles. The van der Waals surface area contributed by atoms with Gasteiger partial charge in [-0.05, 0) is 41.8 Å². The molecule has 2 heterocycles. The van der Waals surface area contributed by atoms with E-state index < -0.39 is 0 Å². The van der Waals surface area contributed by atoms with Crippen LogP contribution in [-0.4, -0.2) is 56.2 Å². The van der Waals surface area contributed by atoms with E-state index in [4.69, 9.17) is 16.3 Å². The highest BCUT2D eigenvalue weighted by molar-refractivity contribution is 7.99. The van der Waals surface area contributed by atoms with E-state index in [1.165, 1.54) is 20.9 Å². The maximum absolute atomic E-state index is 6.38. The van der Waals surface area contributed by atoms with Gasteiger partial charge in [0, 0.05) is 60.7 Å². The monoisotopic (exact) mass is 388 g/mol. The predicted molar refractivity (Wildman–Crippen MR) is 108 cm³/mol. The minimum absolute atomic E-state index is 0.393. The van der Waals surface area contributed by atoms with Crippen molar-refractivity contribution in [1.29, 1.82) is 0 Å². The third-order valence-electron chi connectivity index (χ3n) is 5.40. The molecule has 5 heteroatoms. The fraction of sp³-hybridized carbons (Fsp3) is 0.429. The number of fused-ring (bicyclic) bond motifs is 2. The Morgan fingerprint density at radius 1 is 1.08 bits per heavy atom. The number of methoxy groups -OCH3 is 1. The summed E-state index contributed by atoms with van der Waals surface area (Å²) < 4.78 is 5.23. The lowest BCUT2D eigenvalue weighted by Gasteiger charge is -2.39. The van der Waals surface area contributed by atoms with Gasteiger partial charge in [0.1, 0.15) is 0 Å². The highest BCUT2D eigenvalue weighted by Crippen LogP contribution is 2.43. The van der Waals surface area contributed by atoms with Gasteiger partial charge in [-0.25, -0.2) is 0 Å². The standard InChI is InChI=1S/C21H25ClN2OS/c1-25-13-12-23-8-10-24(11-9-23)19-14-16-4-2-3-5-20(16)26-21-7-6-17(22)15-18(19)21/h2-7,15,19H,8-14H2,1H3/t19-/m0/s1. The van der Waals surface area contributed by atoms with Crippen LogP contribution in [0.4, 0.5) is 0 Å². The number of nitrogens with zero attached hydrogens (tertiary/aromatic N) is 2. The predicted octanol–water partition coefficient (Wildman–Crippen LogP) is 4.35. The second-order valence-corrected chi connectivity index (χ2v) is 8.50. The van der Waals surface area contributed by atoms with E-state index in [0.717, 1.165) is 50.8 Å². The molecule has 0 amide bonds. The van der Waals surface area contributed by atoms with E-state index in [9.17, 15) is 0 Å². The van der Waals surface area contributed by atoms with Gasteiger partial charge < -0.3 is 4.74 Å². The third kappa shape index (κ3) is 3.95. The van der Waals surface area contributed by atoms with Crippen LogP contribution in [0.3, 0.4) is 0 Å². The van der Waals surface area contributed by atoms with E-state index in [1.807, 2.05) is 17.8 Å². The number of piperazine rings is 1. The quantitative estimate of drug-likeness (QED) is 0.773. The summed E-state index contributed by atoms with van der Waals surface area (Å²) in [7, 11) is 1.78. The van der Waals surface area contributed by atoms with E-state index >= 15 is 0 Å². The van der Waals surface area contributed by atoms with Crippen molar-refractivity contribution in [3.63, 3.8) is 0 Å². The Hall–Kier alpha value is -1.04. The molecule has 0 aromatic heterocycles. The fourth-order valence-electron chi connectivity index (χ4n) is 3.93. The first-order valence-electron chi connectivity index (χ1n) is 9.25. The van der Waals surface area contributed by atoms with E-state index in [2.05, 4.69) is 46.2 Å². The Balaban J connectivity index is 1.60. The first-order chi connectivity index (χ1) is 12.7. The van der Waals surface area contributed by atoms with Crippen molar-refractivity contribution in [2.24, 2.45) is 0 Å². The number of hydrogen-bond donors (Lipinski definition) is 0. The molecule has 2 aromatic carbocycles. The zero-order chi connectivity index (χ0) is 17.9. The summed E-state index contributed by atoms with van der Waals surface area (Å²) >= 11 is 8.26. The molecule has 1 saturated heterocycles. The molecule has 1 atom stereocenters. The van der Waals surface area contributed by atoms with Crippen LogP contribution in [-0.2, 0) is 11.2 Å². The average molecular weight is 389 g/mol. The van der Waals surface area contributed by atoms with Crippen molar-refractivity contribution in [2.75, 3.05) is 46.4 Å². The summed E-state index contributed by atoms with van der Waals surface area (Å²) in [5.74, 6) is 0. The zero-order valence-electron chi connectivity index (χ0n) is 15.2. The Morgan fingerprint density at radius 2 is 1.88 bits per heavy atom. The van der Waals surface area contributed by atoms with Gasteiger partial charge in [-0.1, -0.05) is 41.6 Å². The van der Waals surface area contributed by atoms with Crippen LogP contribution in [0.25, 0.3) is 0 Å². The molecule has 0 spiro atoms. The Labute approximate surface area is 165 Å². The van der Waals surface area contributed by atoms with Crippen molar-refractivity contribution in [2.45, 2.75) is 22.3 Å². The Kier molecular flexibility index (Phi) is 5.87. The van der Waals surface area contributed by atoms with Gasteiger partial charge >= 0.3 is 0 Å². The SMILES string of the molecule is COCCN1CCN([C@H]2Cc3ccccc3Sc3ccc(Cl)cc32)CC1. The molecule has 0 aliphatic carbocycles. The van der Waals surface area contributed by atoms with Crippen LogP contribution in [0.5, 0.6) is 0 Å². The molecule has 2 aromatic rings. The molecule has 0 unspecified atom stereocenters. The zero-order valence-corrected chi connectivity index (χ0v) is 16.7. The van der Waals surface area contributed by atoms with Gasteiger partial charge in [0.05, 0.1) is 6.61 Å². The fourth-order valence-corrected chi connectivity index (χ4v) is 5.22. The minimum atomic E-state index is 0.393. The van der Waals surface area contributed by atoms with Crippen molar-refractivity contribution in [3.05, 3.63) is 58.6 Å². The lowest BCUT2D eigenvalue weighted by Crippen LogP contribution is -2.48. The molecule has 1 fully saturated rings. The van der Waals surface area contributed by atoms with E-state index in [0.29, 0.717) is 6.04 Å². The smallest absolute Gasteiger partial charge is 0.0589 e. The van der Waals surface area contributed by atoms with Crippen LogP contribution in [0.2, 0.25) is 5.02 Å². The molecule has 138 valence electrons. The van der Waals surface area contributed by atoms with Crippen molar-refractivity contribution < 1.29 is 4.74 Å². The van der Waals surface area contributed by atoms with E-state index in [1.54, 1.807) is 7.11 Å². The van der Waals surface area contributed by atoms with Crippen LogP contribution in [0.15, 0.2) is 52.3 Å². The average Bonchev–Trinajstić information content (AvgIpc) is 2.83.